The van der Waals surface area contributed by atoms with Crippen LogP contribution in [0.4, 0.5) is 0 Å². The number of pyridine rings is 1. The van der Waals surface area contributed by atoms with Crippen LogP contribution >= 0.6 is 24.8 Å². The summed E-state index contributed by atoms with van der Waals surface area (Å²) in [5.74, 6) is 0.641. The number of nitrogens with one attached hydrogen (secondary N) is 2. The maximum Gasteiger partial charge on any atom is 0.287 e. The molecule has 2 atom stereocenters. The van der Waals surface area contributed by atoms with Crippen LogP contribution in [0, 0.1) is 12.8 Å². The molecule has 0 aromatic carbocycles. The van der Waals surface area contributed by atoms with E-state index >= 15 is 0 Å². The molecule has 22 heavy (non-hydrogen) atoms. The Morgan fingerprint density at radius 2 is 2.18 bits per heavy atom. The normalized spacial score (nSPS) is 20.8. The molecule has 3 rings (SSSR count). The Kier molecular flexibility index (Phi) is 6.66. The summed E-state index contributed by atoms with van der Waals surface area (Å²) in [5.41, 5.74) is 2.29. The molecule has 2 aromatic heterocycles. The summed E-state index contributed by atoms with van der Waals surface area (Å²) in [5, 5.41) is 6.34. The van der Waals surface area contributed by atoms with Crippen LogP contribution in [0.1, 0.15) is 29.6 Å². The fourth-order valence-corrected chi connectivity index (χ4v) is 2.56. The van der Waals surface area contributed by atoms with Crippen LogP contribution in [-0.2, 0) is 0 Å². The molecule has 0 radical (unpaired) electrons. The van der Waals surface area contributed by atoms with Crippen LogP contribution in [0.25, 0.3) is 11.1 Å². The molecule has 0 aliphatic carbocycles. The van der Waals surface area contributed by atoms with Crippen LogP contribution in [0.5, 0.6) is 0 Å². The number of aromatic nitrogens is 1. The molecule has 0 saturated carbocycles. The highest BCUT2D eigenvalue weighted by Crippen LogP contribution is 2.19. The smallest absolute Gasteiger partial charge is 0.287 e. The molecular weight excluding hydrogens is 325 g/mol. The number of rotatable bonds is 2. The van der Waals surface area contributed by atoms with Gasteiger partial charge in [0.1, 0.15) is 5.52 Å². The summed E-state index contributed by atoms with van der Waals surface area (Å²) in [6, 6.07) is 5.58. The third kappa shape index (κ3) is 3.91. The van der Waals surface area contributed by atoms with Gasteiger partial charge in [-0.05, 0) is 37.9 Å². The van der Waals surface area contributed by atoms with E-state index in [2.05, 4.69) is 22.5 Å². The first kappa shape index (κ1) is 18.7. The first-order valence-corrected chi connectivity index (χ1v) is 7.02. The lowest BCUT2D eigenvalue weighted by atomic mass is 9.95. The summed E-state index contributed by atoms with van der Waals surface area (Å²) < 4.78 is 5.57. The Morgan fingerprint density at radius 3 is 2.91 bits per heavy atom. The fraction of sp³-hybridized carbons (Fsp3) is 0.467. The molecule has 1 amide bonds. The predicted octanol–water partition coefficient (Wildman–Crippen LogP) is 2.71. The van der Waals surface area contributed by atoms with Gasteiger partial charge in [0, 0.05) is 24.3 Å². The summed E-state index contributed by atoms with van der Waals surface area (Å²) in [6.07, 6.45) is 1.08. The van der Waals surface area contributed by atoms with Crippen molar-refractivity contribution in [3.8, 4) is 0 Å². The van der Waals surface area contributed by atoms with Crippen molar-refractivity contribution in [2.45, 2.75) is 26.3 Å². The van der Waals surface area contributed by atoms with E-state index in [0.29, 0.717) is 17.3 Å². The van der Waals surface area contributed by atoms with Crippen LogP contribution in [-0.4, -0.2) is 30.0 Å². The topological polar surface area (TPSA) is 67.2 Å². The standard InChI is InChI=1S/C15H19N3O2.2ClH/c1-9-5-6-16-8-12(9)18-15(19)14-7-11-13(20-14)4-3-10(2)17-11;;/h3-4,7,9,12,16H,5-6,8H2,1-2H3,(H,18,19);2*1H. The number of piperidine rings is 1. The Morgan fingerprint density at radius 1 is 1.41 bits per heavy atom. The number of halogens is 2. The molecule has 0 bridgehead atoms. The Bertz CT molecular complexity index is 645. The summed E-state index contributed by atoms with van der Waals surface area (Å²) in [7, 11) is 0. The van der Waals surface area contributed by atoms with Gasteiger partial charge in [-0.2, -0.15) is 0 Å². The van der Waals surface area contributed by atoms with E-state index in [9.17, 15) is 4.79 Å². The van der Waals surface area contributed by atoms with Gasteiger partial charge in [0.15, 0.2) is 11.3 Å². The minimum Gasteiger partial charge on any atom is -0.449 e. The average molecular weight is 346 g/mol. The molecule has 1 saturated heterocycles. The summed E-state index contributed by atoms with van der Waals surface area (Å²) in [4.78, 5) is 16.6. The van der Waals surface area contributed by atoms with Gasteiger partial charge >= 0.3 is 0 Å². The molecule has 2 unspecified atom stereocenters. The number of carbonyl (C=O) groups is 1. The Balaban J connectivity index is 0.00000121. The summed E-state index contributed by atoms with van der Waals surface area (Å²) in [6.45, 7) is 5.91. The minimum atomic E-state index is -0.166. The second-order valence-corrected chi connectivity index (χ2v) is 5.50. The van der Waals surface area contributed by atoms with Crippen molar-refractivity contribution < 1.29 is 9.21 Å². The Labute approximate surface area is 142 Å². The van der Waals surface area contributed by atoms with Crippen molar-refractivity contribution in [1.82, 2.24) is 15.6 Å². The lowest BCUT2D eigenvalue weighted by Gasteiger charge is -2.29. The van der Waals surface area contributed by atoms with Crippen molar-refractivity contribution in [2.24, 2.45) is 5.92 Å². The zero-order chi connectivity index (χ0) is 14.1. The van der Waals surface area contributed by atoms with Crippen molar-refractivity contribution in [3.63, 3.8) is 0 Å². The van der Waals surface area contributed by atoms with E-state index in [4.69, 9.17) is 4.42 Å². The monoisotopic (exact) mass is 345 g/mol. The number of furan rings is 1. The number of nitrogens with zero attached hydrogens (tertiary/aromatic N) is 1. The minimum absolute atomic E-state index is 0. The molecule has 7 heteroatoms. The van der Waals surface area contributed by atoms with Crippen LogP contribution in [0.2, 0.25) is 0 Å². The van der Waals surface area contributed by atoms with E-state index in [1.54, 1.807) is 6.07 Å². The fourth-order valence-electron chi connectivity index (χ4n) is 2.56. The largest absolute Gasteiger partial charge is 0.449 e. The maximum atomic E-state index is 12.3. The molecule has 0 spiro atoms. The number of carbonyl (C=O) groups excluding carboxylic acids is 1. The molecule has 122 valence electrons. The van der Waals surface area contributed by atoms with Crippen molar-refractivity contribution in [1.29, 1.82) is 0 Å². The van der Waals surface area contributed by atoms with E-state index in [1.165, 1.54) is 0 Å². The number of aryl methyl sites for hydroxylation is 1. The SMILES string of the molecule is Cc1ccc2oc(C(=O)NC3CNCCC3C)cc2n1.Cl.Cl. The second-order valence-electron chi connectivity index (χ2n) is 5.50. The van der Waals surface area contributed by atoms with Gasteiger partial charge in [-0.25, -0.2) is 4.98 Å². The van der Waals surface area contributed by atoms with Gasteiger partial charge in [-0.15, -0.1) is 24.8 Å². The van der Waals surface area contributed by atoms with Gasteiger partial charge in [-0.3, -0.25) is 4.79 Å². The molecule has 5 nitrogen and oxygen atoms in total. The molecule has 1 aliphatic rings. The van der Waals surface area contributed by atoms with Gasteiger partial charge < -0.3 is 15.1 Å². The van der Waals surface area contributed by atoms with Crippen molar-refractivity contribution in [2.75, 3.05) is 13.1 Å². The first-order valence-electron chi connectivity index (χ1n) is 7.02. The van der Waals surface area contributed by atoms with Crippen LogP contribution in [0.3, 0.4) is 0 Å². The third-order valence-corrected chi connectivity index (χ3v) is 3.88. The highest BCUT2D eigenvalue weighted by Gasteiger charge is 2.24. The van der Waals surface area contributed by atoms with Gasteiger partial charge in [0.05, 0.1) is 0 Å². The van der Waals surface area contributed by atoms with Crippen molar-refractivity contribution >= 4 is 41.8 Å². The number of fused-ring (bicyclic) bond motifs is 1. The molecule has 2 aromatic rings. The molecule has 3 heterocycles. The average Bonchev–Trinajstić information content (AvgIpc) is 2.84. The highest BCUT2D eigenvalue weighted by molar-refractivity contribution is 5.95. The van der Waals surface area contributed by atoms with E-state index < -0.39 is 0 Å². The van der Waals surface area contributed by atoms with Crippen LogP contribution < -0.4 is 10.6 Å². The zero-order valence-electron chi connectivity index (χ0n) is 12.6. The molecular formula is C15H21Cl2N3O2. The number of amides is 1. The number of hydrogen-bond acceptors (Lipinski definition) is 4. The van der Waals surface area contributed by atoms with Crippen LogP contribution in [0.15, 0.2) is 22.6 Å². The summed E-state index contributed by atoms with van der Waals surface area (Å²) >= 11 is 0. The maximum absolute atomic E-state index is 12.3. The van der Waals surface area contributed by atoms with Gasteiger partial charge in [0.25, 0.3) is 5.91 Å². The van der Waals surface area contributed by atoms with Crippen molar-refractivity contribution in [3.05, 3.63) is 29.7 Å². The van der Waals surface area contributed by atoms with E-state index in [1.807, 2.05) is 19.1 Å². The number of hydrogen-bond donors (Lipinski definition) is 2. The predicted molar refractivity (Wildman–Crippen MR) is 91.1 cm³/mol. The first-order chi connectivity index (χ1) is 9.63. The lowest BCUT2D eigenvalue weighted by Crippen LogP contribution is -2.50. The molecule has 1 fully saturated rings. The highest BCUT2D eigenvalue weighted by atomic mass is 35.5. The molecule has 1 aliphatic heterocycles. The van der Waals surface area contributed by atoms with Gasteiger partial charge in [0.2, 0.25) is 0 Å². The Hall–Kier alpha value is -1.30. The lowest BCUT2D eigenvalue weighted by molar-refractivity contribution is 0.0889. The third-order valence-electron chi connectivity index (χ3n) is 3.88. The quantitative estimate of drug-likeness (QED) is 0.877. The van der Waals surface area contributed by atoms with E-state index in [-0.39, 0.29) is 36.8 Å². The second kappa shape index (κ2) is 7.81. The van der Waals surface area contributed by atoms with E-state index in [0.717, 1.165) is 30.7 Å². The van der Waals surface area contributed by atoms with Gasteiger partial charge in [-0.1, -0.05) is 6.92 Å². The zero-order valence-corrected chi connectivity index (χ0v) is 14.2. The molecule has 2 N–H and O–H groups in total.